The van der Waals surface area contributed by atoms with Gasteiger partial charge in [0, 0.05) is 38.1 Å². The Labute approximate surface area is 144 Å². The Kier molecular flexibility index (Phi) is 6.39. The number of piperazine rings is 1. The van der Waals surface area contributed by atoms with Gasteiger partial charge in [-0.1, -0.05) is 32.0 Å². The Morgan fingerprint density at radius 2 is 1.79 bits per heavy atom. The molecular weight excluding hydrogens is 300 g/mol. The molecule has 0 bridgehead atoms. The lowest BCUT2D eigenvalue weighted by Crippen LogP contribution is -2.42. The fourth-order valence-electron chi connectivity index (χ4n) is 2.86. The van der Waals surface area contributed by atoms with Gasteiger partial charge in [0.2, 0.25) is 0 Å². The number of amides is 1. The number of nitriles is 1. The number of hydrogen-bond donors (Lipinski definition) is 1. The molecule has 0 atom stereocenters. The standard InChI is InChI=1S/C19H26N4O/c1-4-15-7-6-8-16(5-2)18(15)21-19(24)17(13-20)14-23-11-9-22(3)10-12-23/h6-8,14H,4-5,9-12H2,1-3H3,(H,21,24)/b17-14-. The van der Waals surface area contributed by atoms with E-state index >= 15 is 0 Å². The second kappa shape index (κ2) is 8.51. The van der Waals surface area contributed by atoms with Crippen molar-refractivity contribution < 1.29 is 4.79 Å². The van der Waals surface area contributed by atoms with Gasteiger partial charge >= 0.3 is 0 Å². The van der Waals surface area contributed by atoms with Crippen LogP contribution in [0.25, 0.3) is 0 Å². The summed E-state index contributed by atoms with van der Waals surface area (Å²) in [5.74, 6) is -0.327. The number of nitrogens with one attached hydrogen (secondary N) is 1. The van der Waals surface area contributed by atoms with Crippen molar-refractivity contribution in [2.24, 2.45) is 0 Å². The number of likely N-dealkylation sites (N-methyl/N-ethyl adjacent to an activating group) is 1. The predicted octanol–water partition coefficient (Wildman–Crippen LogP) is 2.40. The summed E-state index contributed by atoms with van der Waals surface area (Å²) in [6.07, 6.45) is 3.38. The van der Waals surface area contributed by atoms with Gasteiger partial charge in [-0.25, -0.2) is 0 Å². The molecule has 1 saturated heterocycles. The van der Waals surface area contributed by atoms with Crippen molar-refractivity contribution in [3.63, 3.8) is 0 Å². The van der Waals surface area contributed by atoms with Crippen LogP contribution in [0.1, 0.15) is 25.0 Å². The SMILES string of the molecule is CCc1cccc(CC)c1NC(=O)/C(C#N)=C\N1CCN(C)CC1. The van der Waals surface area contributed by atoms with E-state index in [1.807, 2.05) is 29.2 Å². The van der Waals surface area contributed by atoms with Gasteiger partial charge in [0.15, 0.2) is 0 Å². The van der Waals surface area contributed by atoms with E-state index in [4.69, 9.17) is 0 Å². The minimum atomic E-state index is -0.327. The summed E-state index contributed by atoms with van der Waals surface area (Å²) in [5, 5.41) is 12.4. The number of hydrogen-bond acceptors (Lipinski definition) is 4. The third-order valence-electron chi connectivity index (χ3n) is 4.45. The number of carbonyl (C=O) groups excluding carboxylic acids is 1. The van der Waals surface area contributed by atoms with Crippen LogP contribution in [-0.4, -0.2) is 48.9 Å². The molecule has 0 aliphatic carbocycles. The van der Waals surface area contributed by atoms with Crippen molar-refractivity contribution in [2.75, 3.05) is 38.5 Å². The fraction of sp³-hybridized carbons (Fsp3) is 0.474. The third kappa shape index (κ3) is 4.36. The highest BCUT2D eigenvalue weighted by molar-refractivity contribution is 6.07. The van der Waals surface area contributed by atoms with Crippen LogP contribution in [0, 0.1) is 11.3 Å². The zero-order valence-electron chi connectivity index (χ0n) is 14.8. The maximum atomic E-state index is 12.6. The van der Waals surface area contributed by atoms with Crippen LogP contribution < -0.4 is 5.32 Å². The first-order valence-electron chi connectivity index (χ1n) is 8.55. The summed E-state index contributed by atoms with van der Waals surface area (Å²) in [5.41, 5.74) is 3.21. The Balaban J connectivity index is 2.17. The zero-order valence-corrected chi connectivity index (χ0v) is 14.8. The van der Waals surface area contributed by atoms with E-state index in [0.29, 0.717) is 0 Å². The van der Waals surface area contributed by atoms with Gasteiger partial charge in [0.05, 0.1) is 0 Å². The molecule has 1 fully saturated rings. The van der Waals surface area contributed by atoms with E-state index in [9.17, 15) is 10.1 Å². The number of anilines is 1. The van der Waals surface area contributed by atoms with Crippen molar-refractivity contribution in [1.29, 1.82) is 5.26 Å². The second-order valence-corrected chi connectivity index (χ2v) is 6.11. The molecule has 2 rings (SSSR count). The minimum absolute atomic E-state index is 0.160. The summed E-state index contributed by atoms with van der Waals surface area (Å²) in [7, 11) is 2.08. The summed E-state index contributed by atoms with van der Waals surface area (Å²) in [4.78, 5) is 16.9. The van der Waals surface area contributed by atoms with Crippen LogP contribution in [0.3, 0.4) is 0 Å². The Hall–Kier alpha value is -2.32. The van der Waals surface area contributed by atoms with E-state index in [1.54, 1.807) is 6.20 Å². The molecule has 1 aliphatic rings. The van der Waals surface area contributed by atoms with E-state index in [-0.39, 0.29) is 11.5 Å². The molecule has 1 N–H and O–H groups in total. The number of carbonyl (C=O) groups is 1. The first kappa shape index (κ1) is 18.0. The zero-order chi connectivity index (χ0) is 17.5. The summed E-state index contributed by atoms with van der Waals surface area (Å²) < 4.78 is 0. The van der Waals surface area contributed by atoms with Gasteiger partial charge in [-0.3, -0.25) is 4.79 Å². The number of para-hydroxylation sites is 1. The van der Waals surface area contributed by atoms with Gasteiger partial charge in [-0.2, -0.15) is 5.26 Å². The quantitative estimate of drug-likeness (QED) is 0.667. The maximum absolute atomic E-state index is 12.6. The highest BCUT2D eigenvalue weighted by Gasteiger charge is 2.17. The van der Waals surface area contributed by atoms with Crippen LogP contribution in [0.2, 0.25) is 0 Å². The molecule has 0 aromatic heterocycles. The summed E-state index contributed by atoms with van der Waals surface area (Å²) >= 11 is 0. The number of nitrogens with zero attached hydrogens (tertiary/aromatic N) is 3. The fourth-order valence-corrected chi connectivity index (χ4v) is 2.86. The van der Waals surface area contributed by atoms with E-state index in [2.05, 4.69) is 31.1 Å². The predicted molar refractivity (Wildman–Crippen MR) is 96.6 cm³/mol. The molecule has 5 nitrogen and oxygen atoms in total. The van der Waals surface area contributed by atoms with Crippen LogP contribution in [0.5, 0.6) is 0 Å². The molecule has 5 heteroatoms. The number of rotatable bonds is 5. The molecular formula is C19H26N4O. The van der Waals surface area contributed by atoms with Gasteiger partial charge in [0.25, 0.3) is 5.91 Å². The summed E-state index contributed by atoms with van der Waals surface area (Å²) in [6.45, 7) is 7.68. The molecule has 0 saturated carbocycles. The van der Waals surface area contributed by atoms with Crippen LogP contribution in [0.15, 0.2) is 30.0 Å². The minimum Gasteiger partial charge on any atom is -0.374 e. The first-order chi connectivity index (χ1) is 11.6. The van der Waals surface area contributed by atoms with Crippen molar-refractivity contribution in [1.82, 2.24) is 9.80 Å². The molecule has 24 heavy (non-hydrogen) atoms. The van der Waals surface area contributed by atoms with Crippen LogP contribution in [-0.2, 0) is 17.6 Å². The molecule has 1 heterocycles. The molecule has 1 aromatic rings. The lowest BCUT2D eigenvalue weighted by Gasteiger charge is -2.31. The second-order valence-electron chi connectivity index (χ2n) is 6.11. The molecule has 0 spiro atoms. The molecule has 0 unspecified atom stereocenters. The molecule has 1 aliphatic heterocycles. The first-order valence-corrected chi connectivity index (χ1v) is 8.55. The lowest BCUT2D eigenvalue weighted by molar-refractivity contribution is -0.112. The lowest BCUT2D eigenvalue weighted by atomic mass is 10.0. The molecule has 1 amide bonds. The number of aryl methyl sites for hydroxylation is 2. The topological polar surface area (TPSA) is 59.4 Å². The van der Waals surface area contributed by atoms with Crippen LogP contribution >= 0.6 is 0 Å². The maximum Gasteiger partial charge on any atom is 0.267 e. The van der Waals surface area contributed by atoms with Gasteiger partial charge in [0.1, 0.15) is 11.6 Å². The van der Waals surface area contributed by atoms with Gasteiger partial charge < -0.3 is 15.1 Å². The van der Waals surface area contributed by atoms with Crippen molar-refractivity contribution in [2.45, 2.75) is 26.7 Å². The molecule has 0 radical (unpaired) electrons. The van der Waals surface area contributed by atoms with Gasteiger partial charge in [-0.15, -0.1) is 0 Å². The van der Waals surface area contributed by atoms with Gasteiger partial charge in [-0.05, 0) is 31.0 Å². The van der Waals surface area contributed by atoms with Crippen molar-refractivity contribution in [3.8, 4) is 6.07 Å². The van der Waals surface area contributed by atoms with Crippen molar-refractivity contribution >= 4 is 11.6 Å². The normalized spacial score (nSPS) is 15.9. The monoisotopic (exact) mass is 326 g/mol. The highest BCUT2D eigenvalue weighted by atomic mass is 16.1. The Bertz CT molecular complexity index is 630. The Morgan fingerprint density at radius 3 is 2.29 bits per heavy atom. The van der Waals surface area contributed by atoms with Crippen LogP contribution in [0.4, 0.5) is 5.69 Å². The molecule has 1 aromatic carbocycles. The Morgan fingerprint density at radius 1 is 1.21 bits per heavy atom. The summed E-state index contributed by atoms with van der Waals surface area (Å²) in [6, 6.07) is 8.10. The number of benzene rings is 1. The highest BCUT2D eigenvalue weighted by Crippen LogP contribution is 2.23. The third-order valence-corrected chi connectivity index (χ3v) is 4.45. The smallest absolute Gasteiger partial charge is 0.267 e. The average molecular weight is 326 g/mol. The van der Waals surface area contributed by atoms with E-state index in [0.717, 1.165) is 55.8 Å². The average Bonchev–Trinajstić information content (AvgIpc) is 2.61. The van der Waals surface area contributed by atoms with E-state index < -0.39 is 0 Å². The van der Waals surface area contributed by atoms with Crippen molar-refractivity contribution in [3.05, 3.63) is 41.1 Å². The molecule has 128 valence electrons. The van der Waals surface area contributed by atoms with E-state index in [1.165, 1.54) is 0 Å². The largest absolute Gasteiger partial charge is 0.374 e.